The van der Waals surface area contributed by atoms with Crippen LogP contribution in [0.2, 0.25) is 0 Å². The molecule has 0 aliphatic heterocycles. The van der Waals surface area contributed by atoms with Crippen LogP contribution >= 0.6 is 0 Å². The molecular weight excluding hydrogens is 417 g/mol. The average molecular weight is 422 g/mol. The van der Waals surface area contributed by atoms with E-state index in [9.17, 15) is 25.8 Å². The van der Waals surface area contributed by atoms with Gasteiger partial charge in [-0.1, -0.05) is 18.2 Å². The maximum atomic E-state index is 12.5. The van der Waals surface area contributed by atoms with Gasteiger partial charge in [0.25, 0.3) is 10.5 Å². The van der Waals surface area contributed by atoms with Crippen LogP contribution in [0.3, 0.4) is 0 Å². The molecule has 3 nitrogen and oxygen atoms in total. The van der Waals surface area contributed by atoms with Crippen molar-refractivity contribution < 1.29 is 60.0 Å². The molecule has 19 heavy (non-hydrogen) atoms. The molecule has 1 rings (SSSR count). The number of halogens is 7. The molecule has 0 fully saturated rings. The van der Waals surface area contributed by atoms with Crippen molar-refractivity contribution >= 4 is 10.5 Å². The van der Waals surface area contributed by atoms with Crippen molar-refractivity contribution in [3.8, 4) is 0 Å². The molecular formula is C8H5F6IO3S. The SMILES string of the molecule is FC(F)(F)C(F)(F)[I+]c1ccccc1.O=S(=O)([O-])F. The molecule has 110 valence electrons. The van der Waals surface area contributed by atoms with Crippen molar-refractivity contribution in [3.05, 3.63) is 33.9 Å². The summed E-state index contributed by atoms with van der Waals surface area (Å²) < 4.78 is 91.3. The summed E-state index contributed by atoms with van der Waals surface area (Å²) in [5, 5.41) is 0. The molecule has 0 saturated heterocycles. The Kier molecular flexibility index (Phi) is 6.54. The van der Waals surface area contributed by atoms with E-state index in [1.54, 1.807) is 6.07 Å². The highest BCUT2D eigenvalue weighted by Crippen LogP contribution is 2.27. The molecule has 0 unspecified atom stereocenters. The first-order valence-electron chi connectivity index (χ1n) is 4.14. The topological polar surface area (TPSA) is 57.2 Å². The van der Waals surface area contributed by atoms with E-state index in [1.165, 1.54) is 24.3 Å². The largest absolute Gasteiger partial charge is 0.722 e. The van der Waals surface area contributed by atoms with Gasteiger partial charge >= 0.3 is 31.3 Å². The quantitative estimate of drug-likeness (QED) is 0.213. The van der Waals surface area contributed by atoms with Crippen LogP contribution in [0, 0.1) is 3.57 Å². The second-order valence-electron chi connectivity index (χ2n) is 2.78. The van der Waals surface area contributed by atoms with Crippen LogP contribution in [0.4, 0.5) is 25.8 Å². The van der Waals surface area contributed by atoms with Crippen molar-refractivity contribution in [3.63, 3.8) is 0 Å². The Labute approximate surface area is 114 Å². The molecule has 0 aliphatic carbocycles. The lowest BCUT2D eigenvalue weighted by Gasteiger charge is -2.07. The summed E-state index contributed by atoms with van der Waals surface area (Å²) in [7, 11) is -5.42. The van der Waals surface area contributed by atoms with Gasteiger partial charge in [0.05, 0.1) is 0 Å². The second kappa shape index (κ2) is 6.74. The predicted octanol–water partition coefficient (Wildman–Crippen LogP) is -0.484. The fourth-order valence-electron chi connectivity index (χ4n) is 0.668. The van der Waals surface area contributed by atoms with Gasteiger partial charge in [0.15, 0.2) is 3.57 Å². The average Bonchev–Trinajstić information content (AvgIpc) is 2.13. The van der Waals surface area contributed by atoms with E-state index in [2.05, 4.69) is 0 Å². The number of hydrogen-bond donors (Lipinski definition) is 0. The minimum atomic E-state index is -5.43. The van der Waals surface area contributed by atoms with Gasteiger partial charge in [0.2, 0.25) is 0 Å². The fourth-order valence-corrected chi connectivity index (χ4v) is 2.53. The molecule has 0 saturated carbocycles. The highest BCUT2D eigenvalue weighted by atomic mass is 127. The van der Waals surface area contributed by atoms with Gasteiger partial charge < -0.3 is 4.55 Å². The van der Waals surface area contributed by atoms with Gasteiger partial charge in [0, 0.05) is 0 Å². The third kappa shape index (κ3) is 9.04. The molecule has 0 spiro atoms. The lowest BCUT2D eigenvalue weighted by Crippen LogP contribution is -3.68. The van der Waals surface area contributed by atoms with Crippen LogP contribution in [0.5, 0.6) is 0 Å². The Balaban J connectivity index is 0.000000555. The highest BCUT2D eigenvalue weighted by Gasteiger charge is 2.70. The molecule has 1 aromatic rings. The van der Waals surface area contributed by atoms with E-state index < -0.39 is 41.8 Å². The molecule has 0 aromatic heterocycles. The summed E-state index contributed by atoms with van der Waals surface area (Å²) in [6, 6.07) is 7.03. The smallest absolute Gasteiger partial charge is 0.543 e. The number of hydrogen-bond acceptors (Lipinski definition) is 3. The number of benzene rings is 1. The standard InChI is InChI=1S/C8H5F5I.FHO3S/c9-7(10,11)8(12,13)14-6-4-2-1-3-5-6;1-5(2,3)4/h1-5H;(H,2,3,4)/q+1;/p-1. The summed E-state index contributed by atoms with van der Waals surface area (Å²) in [4.78, 5) is 0. The maximum absolute atomic E-state index is 12.5. The third-order valence-corrected chi connectivity index (χ3v) is 3.91. The van der Waals surface area contributed by atoms with Crippen LogP contribution in [0.1, 0.15) is 0 Å². The Bertz CT molecular complexity index is 479. The first-order chi connectivity index (χ1) is 8.33. The maximum Gasteiger partial charge on any atom is 0.543 e. The number of alkyl halides is 6. The van der Waals surface area contributed by atoms with Crippen LogP contribution < -0.4 is 21.2 Å². The molecule has 11 heteroatoms. The number of rotatable bonds is 2. The van der Waals surface area contributed by atoms with Gasteiger partial charge in [0.1, 0.15) is 0 Å². The van der Waals surface area contributed by atoms with E-state index in [4.69, 9.17) is 13.0 Å². The molecule has 0 amide bonds. The molecule has 0 atom stereocenters. The van der Waals surface area contributed by atoms with E-state index in [0.717, 1.165) is 0 Å². The summed E-state index contributed by atoms with van der Waals surface area (Å²) in [6.07, 6.45) is -5.43. The van der Waals surface area contributed by atoms with E-state index in [-0.39, 0.29) is 3.57 Å². The van der Waals surface area contributed by atoms with E-state index >= 15 is 0 Å². The Morgan fingerprint density at radius 1 is 1.00 bits per heavy atom. The molecule has 0 radical (unpaired) electrons. The Morgan fingerprint density at radius 3 is 1.68 bits per heavy atom. The molecule has 0 aliphatic rings. The van der Waals surface area contributed by atoms with Crippen molar-refractivity contribution in [2.24, 2.45) is 0 Å². The van der Waals surface area contributed by atoms with Gasteiger partial charge in [-0.15, -0.1) is 12.7 Å². The van der Waals surface area contributed by atoms with Crippen molar-refractivity contribution in [2.45, 2.75) is 10.1 Å². The zero-order valence-electron chi connectivity index (χ0n) is 8.67. The Morgan fingerprint density at radius 2 is 1.37 bits per heavy atom. The van der Waals surface area contributed by atoms with Gasteiger partial charge in [-0.3, -0.25) is 0 Å². The zero-order valence-corrected chi connectivity index (χ0v) is 11.6. The van der Waals surface area contributed by atoms with Gasteiger partial charge in [-0.25, -0.2) is 8.42 Å². The van der Waals surface area contributed by atoms with Crippen LogP contribution in [-0.2, 0) is 10.5 Å². The molecule has 0 heterocycles. The summed E-state index contributed by atoms with van der Waals surface area (Å²) in [6.45, 7) is 0. The molecule has 0 N–H and O–H groups in total. The third-order valence-electron chi connectivity index (χ3n) is 1.28. The van der Waals surface area contributed by atoms with E-state index in [0.29, 0.717) is 0 Å². The molecule has 0 bridgehead atoms. The molecule has 1 aromatic carbocycles. The fraction of sp³-hybridized carbons (Fsp3) is 0.250. The predicted molar refractivity (Wildman–Crippen MR) is 46.9 cm³/mol. The summed E-state index contributed by atoms with van der Waals surface area (Å²) >= 11 is -2.37. The van der Waals surface area contributed by atoms with Crippen molar-refractivity contribution in [1.29, 1.82) is 0 Å². The first kappa shape index (κ1) is 18.4. The zero-order chi connectivity index (χ0) is 15.3. The van der Waals surface area contributed by atoms with Gasteiger partial charge in [-0.05, 0) is 12.1 Å². The first-order valence-corrected chi connectivity index (χ1v) is 7.60. The minimum absolute atomic E-state index is 0.0774. The van der Waals surface area contributed by atoms with Gasteiger partial charge in [-0.2, -0.15) is 13.2 Å². The van der Waals surface area contributed by atoms with Crippen LogP contribution in [-0.4, -0.2) is 23.1 Å². The lowest BCUT2D eigenvalue weighted by molar-refractivity contribution is -0.791. The van der Waals surface area contributed by atoms with Crippen molar-refractivity contribution in [2.75, 3.05) is 0 Å². The monoisotopic (exact) mass is 422 g/mol. The summed E-state index contributed by atoms with van der Waals surface area (Å²) in [5.74, 6) is 0. The normalized spacial score (nSPS) is 12.6. The highest BCUT2D eigenvalue weighted by molar-refractivity contribution is 7.80. The Hall–Kier alpha value is -0.560. The second-order valence-corrected chi connectivity index (χ2v) is 6.70. The van der Waals surface area contributed by atoms with E-state index in [1.807, 2.05) is 0 Å². The van der Waals surface area contributed by atoms with Crippen LogP contribution in [0.15, 0.2) is 30.3 Å². The lowest BCUT2D eigenvalue weighted by atomic mass is 10.4. The van der Waals surface area contributed by atoms with Crippen molar-refractivity contribution in [1.82, 2.24) is 0 Å². The summed E-state index contributed by atoms with van der Waals surface area (Å²) in [5.41, 5.74) is 0. The minimum Gasteiger partial charge on any atom is -0.722 e. The van der Waals surface area contributed by atoms with Crippen LogP contribution in [0.25, 0.3) is 0 Å².